The van der Waals surface area contributed by atoms with Crippen molar-refractivity contribution in [1.82, 2.24) is 29.0 Å². The number of hydrogen-bond acceptors (Lipinski definition) is 6. The van der Waals surface area contributed by atoms with Gasteiger partial charge in [0.1, 0.15) is 17.1 Å². The lowest BCUT2D eigenvalue weighted by atomic mass is 9.98. The Labute approximate surface area is 232 Å². The van der Waals surface area contributed by atoms with Crippen LogP contribution < -0.4 is 16.0 Å². The van der Waals surface area contributed by atoms with Gasteiger partial charge in [-0.15, -0.1) is 0 Å². The number of ether oxygens (including phenoxy) is 1. The molecular formula is C29H37FN6O4. The van der Waals surface area contributed by atoms with E-state index in [1.807, 2.05) is 0 Å². The van der Waals surface area contributed by atoms with Gasteiger partial charge in [-0.25, -0.2) is 13.8 Å². The first-order valence-corrected chi connectivity index (χ1v) is 13.5. The molecular weight excluding hydrogens is 515 g/mol. The van der Waals surface area contributed by atoms with Gasteiger partial charge in [0.05, 0.1) is 30.8 Å². The molecule has 4 rings (SSSR count). The molecule has 2 aromatic heterocycles. The van der Waals surface area contributed by atoms with E-state index in [1.165, 1.54) is 41.0 Å². The Morgan fingerprint density at radius 2 is 1.73 bits per heavy atom. The van der Waals surface area contributed by atoms with Gasteiger partial charge < -0.3 is 9.64 Å². The third kappa shape index (κ3) is 5.37. The maximum absolute atomic E-state index is 14.2. The zero-order chi connectivity index (χ0) is 29.2. The highest BCUT2D eigenvalue weighted by atomic mass is 19.1. The highest BCUT2D eigenvalue weighted by Crippen LogP contribution is 2.25. The molecule has 0 radical (unpaired) electrons. The standard InChI is InChI=1S/C29H37FN6O4/c1-19(20(2)36-31-13-14-32-36)25-21(3)34(17-12-22-18-23(30)10-11-24(22)40-6)28(39)35(26(25)37)29(4,5)27(38)33-15-8-7-9-16-33/h10-11,13-14,18H,7-9,12,15-17H2,1-6H3/b20-19+. The molecule has 1 fully saturated rings. The Hall–Kier alpha value is -4.02. The average Bonchev–Trinajstić information content (AvgIpc) is 3.47. The molecule has 1 aliphatic rings. The second kappa shape index (κ2) is 11.6. The number of allylic oxidation sites excluding steroid dienone is 2. The summed E-state index contributed by atoms with van der Waals surface area (Å²) in [5.41, 5.74) is -0.0987. The summed E-state index contributed by atoms with van der Waals surface area (Å²) in [4.78, 5) is 45.1. The van der Waals surface area contributed by atoms with E-state index >= 15 is 0 Å². The van der Waals surface area contributed by atoms with Crippen LogP contribution in [0.25, 0.3) is 11.3 Å². The quantitative estimate of drug-likeness (QED) is 0.424. The van der Waals surface area contributed by atoms with Crippen molar-refractivity contribution in [1.29, 1.82) is 0 Å². The van der Waals surface area contributed by atoms with Gasteiger partial charge in [0.2, 0.25) is 5.91 Å². The van der Waals surface area contributed by atoms with Crippen LogP contribution in [0.2, 0.25) is 0 Å². The average molecular weight is 553 g/mol. The van der Waals surface area contributed by atoms with Gasteiger partial charge in [0, 0.05) is 25.3 Å². The minimum Gasteiger partial charge on any atom is -0.496 e. The Morgan fingerprint density at radius 3 is 2.35 bits per heavy atom. The van der Waals surface area contributed by atoms with Crippen molar-refractivity contribution in [3.8, 4) is 5.75 Å². The first-order chi connectivity index (χ1) is 19.0. The van der Waals surface area contributed by atoms with Crippen molar-refractivity contribution in [3.05, 3.63) is 74.1 Å². The molecule has 3 aromatic rings. The molecule has 0 unspecified atom stereocenters. The number of halogens is 1. The van der Waals surface area contributed by atoms with Gasteiger partial charge in [0.25, 0.3) is 5.56 Å². The molecule has 1 aromatic carbocycles. The zero-order valence-corrected chi connectivity index (χ0v) is 24.0. The molecule has 3 heterocycles. The maximum atomic E-state index is 14.2. The van der Waals surface area contributed by atoms with Gasteiger partial charge in [-0.2, -0.15) is 15.0 Å². The minimum atomic E-state index is -1.44. The van der Waals surface area contributed by atoms with E-state index in [1.54, 1.807) is 45.6 Å². The van der Waals surface area contributed by atoms with Crippen molar-refractivity contribution < 1.29 is 13.9 Å². The van der Waals surface area contributed by atoms with Gasteiger partial charge in [-0.3, -0.25) is 14.2 Å². The number of benzene rings is 1. The zero-order valence-electron chi connectivity index (χ0n) is 24.0. The van der Waals surface area contributed by atoms with E-state index in [2.05, 4.69) is 10.2 Å². The second-order valence-electron chi connectivity index (χ2n) is 10.7. The van der Waals surface area contributed by atoms with Crippen LogP contribution >= 0.6 is 0 Å². The van der Waals surface area contributed by atoms with Crippen LogP contribution in [-0.2, 0) is 23.3 Å². The summed E-state index contributed by atoms with van der Waals surface area (Å²) in [6.45, 7) is 9.82. The number of rotatable bonds is 8. The highest BCUT2D eigenvalue weighted by molar-refractivity contribution is 5.84. The Kier molecular flexibility index (Phi) is 8.41. The van der Waals surface area contributed by atoms with Crippen LogP contribution in [0.3, 0.4) is 0 Å². The Morgan fingerprint density at radius 1 is 1.07 bits per heavy atom. The van der Waals surface area contributed by atoms with Gasteiger partial charge in [-0.05, 0) is 89.6 Å². The first kappa shape index (κ1) is 29.0. The summed E-state index contributed by atoms with van der Waals surface area (Å²) >= 11 is 0. The highest BCUT2D eigenvalue weighted by Gasteiger charge is 2.38. The summed E-state index contributed by atoms with van der Waals surface area (Å²) < 4.78 is 22.0. The van der Waals surface area contributed by atoms with E-state index in [-0.39, 0.29) is 18.9 Å². The maximum Gasteiger partial charge on any atom is 0.332 e. The number of carbonyl (C=O) groups is 1. The molecule has 0 saturated carbocycles. The lowest BCUT2D eigenvalue weighted by Crippen LogP contribution is -2.58. The van der Waals surface area contributed by atoms with E-state index in [0.29, 0.717) is 46.9 Å². The van der Waals surface area contributed by atoms with Crippen molar-refractivity contribution in [2.75, 3.05) is 20.2 Å². The SMILES string of the molecule is COc1ccc(F)cc1CCn1c(C)c(/C(C)=C(\C)n2nccn2)c(=O)n(C(C)(C)C(=O)N2CCCCC2)c1=O. The number of piperidine rings is 1. The molecule has 214 valence electrons. The molecule has 1 saturated heterocycles. The summed E-state index contributed by atoms with van der Waals surface area (Å²) in [5, 5.41) is 8.37. The molecule has 40 heavy (non-hydrogen) atoms. The van der Waals surface area contributed by atoms with Gasteiger partial charge in [0.15, 0.2) is 0 Å². The monoisotopic (exact) mass is 552 g/mol. The number of amides is 1. The lowest BCUT2D eigenvalue weighted by molar-refractivity contribution is -0.140. The molecule has 10 nitrogen and oxygen atoms in total. The predicted molar refractivity (Wildman–Crippen MR) is 151 cm³/mol. The van der Waals surface area contributed by atoms with Gasteiger partial charge >= 0.3 is 5.69 Å². The van der Waals surface area contributed by atoms with Crippen LogP contribution in [-0.4, -0.2) is 55.1 Å². The summed E-state index contributed by atoms with van der Waals surface area (Å²) in [6.07, 6.45) is 6.15. The fraction of sp³-hybridized carbons (Fsp3) is 0.483. The second-order valence-corrected chi connectivity index (χ2v) is 10.7. The van der Waals surface area contributed by atoms with E-state index < -0.39 is 22.6 Å². The third-order valence-electron chi connectivity index (χ3n) is 7.82. The van der Waals surface area contributed by atoms with Crippen molar-refractivity contribution in [2.45, 2.75) is 72.4 Å². The van der Waals surface area contributed by atoms with Crippen LogP contribution in [0.15, 0.2) is 40.2 Å². The van der Waals surface area contributed by atoms with Crippen LogP contribution in [0.5, 0.6) is 5.75 Å². The van der Waals surface area contributed by atoms with E-state index in [9.17, 15) is 18.8 Å². The van der Waals surface area contributed by atoms with Crippen molar-refractivity contribution >= 4 is 17.2 Å². The van der Waals surface area contributed by atoms with Gasteiger partial charge in [-0.1, -0.05) is 0 Å². The summed E-state index contributed by atoms with van der Waals surface area (Å²) in [7, 11) is 1.50. The van der Waals surface area contributed by atoms with Crippen LogP contribution in [0.1, 0.15) is 63.8 Å². The van der Waals surface area contributed by atoms with E-state index in [0.717, 1.165) is 23.8 Å². The van der Waals surface area contributed by atoms with E-state index in [4.69, 9.17) is 4.74 Å². The Balaban J connectivity index is 1.91. The molecule has 0 atom stereocenters. The number of nitrogens with zero attached hydrogens (tertiary/aromatic N) is 6. The topological polar surface area (TPSA) is 104 Å². The molecule has 11 heteroatoms. The number of aromatic nitrogens is 5. The van der Waals surface area contributed by atoms with Crippen LogP contribution in [0, 0.1) is 12.7 Å². The smallest absolute Gasteiger partial charge is 0.332 e. The minimum absolute atomic E-state index is 0.137. The lowest BCUT2D eigenvalue weighted by Gasteiger charge is -2.35. The fourth-order valence-corrected chi connectivity index (χ4v) is 5.41. The molecule has 0 bridgehead atoms. The number of hydrogen-bond donors (Lipinski definition) is 0. The Bertz CT molecular complexity index is 1550. The fourth-order valence-electron chi connectivity index (χ4n) is 5.41. The van der Waals surface area contributed by atoms with Crippen molar-refractivity contribution in [2.24, 2.45) is 0 Å². The largest absolute Gasteiger partial charge is 0.496 e. The number of carbonyl (C=O) groups excluding carboxylic acids is 1. The van der Waals surface area contributed by atoms with Crippen molar-refractivity contribution in [3.63, 3.8) is 0 Å². The molecule has 0 aliphatic carbocycles. The van der Waals surface area contributed by atoms with Crippen LogP contribution in [0.4, 0.5) is 4.39 Å². The molecule has 0 spiro atoms. The molecule has 1 aliphatic heterocycles. The molecule has 0 N–H and O–H groups in total. The normalized spacial score (nSPS) is 14.7. The predicted octanol–water partition coefficient (Wildman–Crippen LogP) is 3.46. The first-order valence-electron chi connectivity index (χ1n) is 13.5. The number of methoxy groups -OCH3 is 1. The number of aryl methyl sites for hydroxylation is 1. The summed E-state index contributed by atoms with van der Waals surface area (Å²) in [5.74, 6) is -0.190. The number of likely N-dealkylation sites (tertiary alicyclic amines) is 1. The molecule has 1 amide bonds. The summed E-state index contributed by atoms with van der Waals surface area (Å²) in [6, 6.07) is 4.23. The third-order valence-corrected chi connectivity index (χ3v) is 7.82.